The van der Waals surface area contributed by atoms with E-state index < -0.39 is 0 Å². The minimum Gasteiger partial charge on any atom is -0.367 e. The Morgan fingerprint density at radius 2 is 2.05 bits per heavy atom. The van der Waals surface area contributed by atoms with E-state index in [0.29, 0.717) is 12.3 Å². The molecule has 0 bridgehead atoms. The lowest BCUT2D eigenvalue weighted by Gasteiger charge is -2.09. The summed E-state index contributed by atoms with van der Waals surface area (Å²) in [6, 6.07) is 8.31. The second-order valence-electron chi connectivity index (χ2n) is 4.26. The van der Waals surface area contributed by atoms with E-state index in [-0.39, 0.29) is 5.82 Å². The molecule has 0 aliphatic heterocycles. The van der Waals surface area contributed by atoms with Crippen LogP contribution in [0.5, 0.6) is 0 Å². The van der Waals surface area contributed by atoms with Crippen molar-refractivity contribution in [2.45, 2.75) is 13.5 Å². The largest absolute Gasteiger partial charge is 0.367 e. The van der Waals surface area contributed by atoms with Crippen LogP contribution < -0.4 is 5.32 Å². The average molecular weight is 257 g/mol. The molecule has 0 amide bonds. The first kappa shape index (κ1) is 11.6. The van der Waals surface area contributed by atoms with Crippen LogP contribution in [0.25, 0.3) is 5.78 Å². The molecule has 1 N–H and O–H groups in total. The molecule has 0 atom stereocenters. The molecule has 2 heterocycles. The molecular formula is C13H12FN5. The molecular weight excluding hydrogens is 245 g/mol. The van der Waals surface area contributed by atoms with Gasteiger partial charge in [-0.1, -0.05) is 12.1 Å². The summed E-state index contributed by atoms with van der Waals surface area (Å²) in [7, 11) is 0. The molecule has 0 spiro atoms. The fourth-order valence-electron chi connectivity index (χ4n) is 1.86. The van der Waals surface area contributed by atoms with Crippen molar-refractivity contribution < 1.29 is 4.39 Å². The summed E-state index contributed by atoms with van der Waals surface area (Å²) in [5, 5.41) is 11.0. The minimum absolute atomic E-state index is 0.232. The molecule has 0 fully saturated rings. The first-order chi connectivity index (χ1) is 9.22. The molecule has 0 aliphatic rings. The molecule has 0 unspecified atom stereocenters. The van der Waals surface area contributed by atoms with Gasteiger partial charge in [0.2, 0.25) is 0 Å². The first-order valence-electron chi connectivity index (χ1n) is 5.88. The lowest BCUT2D eigenvalue weighted by molar-refractivity contribution is 0.627. The number of rotatable bonds is 3. The van der Waals surface area contributed by atoms with Crippen LogP contribution in [0.15, 0.2) is 36.7 Å². The van der Waals surface area contributed by atoms with E-state index in [1.807, 2.05) is 13.0 Å². The Kier molecular flexibility index (Phi) is 2.83. The highest BCUT2D eigenvalue weighted by molar-refractivity contribution is 5.45. The molecule has 0 saturated carbocycles. The minimum atomic E-state index is -0.232. The van der Waals surface area contributed by atoms with E-state index in [1.54, 1.807) is 22.9 Å². The third-order valence-corrected chi connectivity index (χ3v) is 2.80. The van der Waals surface area contributed by atoms with Gasteiger partial charge in [0.15, 0.2) is 0 Å². The molecule has 0 saturated heterocycles. The molecule has 3 rings (SSSR count). The lowest BCUT2D eigenvalue weighted by atomic mass is 10.2. The number of nitrogens with one attached hydrogen (secondary N) is 1. The number of benzene rings is 1. The number of halogens is 1. The van der Waals surface area contributed by atoms with E-state index >= 15 is 0 Å². The quantitative estimate of drug-likeness (QED) is 0.781. The van der Waals surface area contributed by atoms with Crippen LogP contribution in [0.1, 0.15) is 11.3 Å². The highest BCUT2D eigenvalue weighted by atomic mass is 19.1. The van der Waals surface area contributed by atoms with Crippen LogP contribution in [0.2, 0.25) is 0 Å². The van der Waals surface area contributed by atoms with Gasteiger partial charge in [0, 0.05) is 18.3 Å². The zero-order valence-electron chi connectivity index (χ0n) is 10.3. The van der Waals surface area contributed by atoms with E-state index in [9.17, 15) is 4.39 Å². The van der Waals surface area contributed by atoms with Gasteiger partial charge in [0.25, 0.3) is 5.78 Å². The maximum absolute atomic E-state index is 12.8. The summed E-state index contributed by atoms with van der Waals surface area (Å²) in [6.07, 6.45) is 1.61. The fraction of sp³-hybridized carbons (Fsp3) is 0.154. The number of aromatic nitrogens is 4. The summed E-state index contributed by atoms with van der Waals surface area (Å²) in [5.74, 6) is 1.18. The summed E-state index contributed by atoms with van der Waals surface area (Å²) in [4.78, 5) is 4.26. The summed E-state index contributed by atoms with van der Waals surface area (Å²) in [5.41, 5.74) is 1.86. The maximum Gasteiger partial charge on any atom is 0.256 e. The zero-order valence-corrected chi connectivity index (χ0v) is 10.3. The Balaban J connectivity index is 1.85. The van der Waals surface area contributed by atoms with Crippen LogP contribution in [-0.2, 0) is 6.54 Å². The lowest BCUT2D eigenvalue weighted by Crippen LogP contribution is -2.05. The van der Waals surface area contributed by atoms with Gasteiger partial charge >= 0.3 is 0 Å². The Labute approximate surface area is 109 Å². The fourth-order valence-corrected chi connectivity index (χ4v) is 1.86. The van der Waals surface area contributed by atoms with Gasteiger partial charge in [-0.3, -0.25) is 4.40 Å². The Morgan fingerprint density at radius 1 is 1.26 bits per heavy atom. The van der Waals surface area contributed by atoms with Crippen molar-refractivity contribution in [1.29, 1.82) is 0 Å². The molecule has 3 aromatic rings. The first-order valence-corrected chi connectivity index (χ1v) is 5.88. The molecule has 1 aromatic carbocycles. The van der Waals surface area contributed by atoms with E-state index in [2.05, 4.69) is 20.5 Å². The van der Waals surface area contributed by atoms with E-state index in [4.69, 9.17) is 0 Å². The maximum atomic E-state index is 12.8. The molecule has 0 aliphatic carbocycles. The van der Waals surface area contributed by atoms with Crippen LogP contribution >= 0.6 is 0 Å². The predicted molar refractivity (Wildman–Crippen MR) is 69.2 cm³/mol. The second kappa shape index (κ2) is 4.64. The number of fused-ring (bicyclic) bond motifs is 1. The summed E-state index contributed by atoms with van der Waals surface area (Å²) < 4.78 is 14.6. The van der Waals surface area contributed by atoms with Crippen molar-refractivity contribution >= 4 is 11.6 Å². The van der Waals surface area contributed by atoms with Gasteiger partial charge in [-0.05, 0) is 24.6 Å². The topological polar surface area (TPSA) is 55.1 Å². The Bertz CT molecular complexity index is 705. The van der Waals surface area contributed by atoms with Crippen LogP contribution in [-0.4, -0.2) is 19.6 Å². The van der Waals surface area contributed by atoms with Crippen molar-refractivity contribution in [3.63, 3.8) is 0 Å². The van der Waals surface area contributed by atoms with Gasteiger partial charge in [-0.2, -0.15) is 0 Å². The molecule has 5 nitrogen and oxygen atoms in total. The summed E-state index contributed by atoms with van der Waals surface area (Å²) in [6.45, 7) is 2.49. The van der Waals surface area contributed by atoms with Gasteiger partial charge in [-0.25, -0.2) is 9.37 Å². The number of anilines is 1. The van der Waals surface area contributed by atoms with E-state index in [1.165, 1.54) is 12.1 Å². The van der Waals surface area contributed by atoms with Crippen molar-refractivity contribution in [1.82, 2.24) is 19.6 Å². The normalized spacial score (nSPS) is 10.8. The monoisotopic (exact) mass is 257 g/mol. The number of nitrogens with zero attached hydrogens (tertiary/aromatic N) is 4. The Morgan fingerprint density at radius 3 is 2.84 bits per heavy atom. The van der Waals surface area contributed by atoms with Gasteiger partial charge in [0.05, 0.1) is 0 Å². The van der Waals surface area contributed by atoms with Crippen LogP contribution in [0.4, 0.5) is 10.2 Å². The standard InChI is InChI=1S/C13H12FN5/c1-9-6-12(19-8-16-18-13(19)17-9)15-7-10-2-4-11(14)5-3-10/h2-6,8,15H,7H2,1H3. The number of hydrogen-bond donors (Lipinski definition) is 1. The number of aryl methyl sites for hydroxylation is 1. The highest BCUT2D eigenvalue weighted by Gasteiger charge is 2.04. The third kappa shape index (κ3) is 2.37. The third-order valence-electron chi connectivity index (χ3n) is 2.80. The van der Waals surface area contributed by atoms with Crippen molar-refractivity contribution in [2.75, 3.05) is 5.32 Å². The van der Waals surface area contributed by atoms with Crippen molar-refractivity contribution in [3.05, 3.63) is 53.7 Å². The zero-order chi connectivity index (χ0) is 13.2. The molecule has 96 valence electrons. The highest BCUT2D eigenvalue weighted by Crippen LogP contribution is 2.12. The SMILES string of the molecule is Cc1cc(NCc2ccc(F)cc2)n2cnnc2n1. The molecule has 0 radical (unpaired) electrons. The smallest absolute Gasteiger partial charge is 0.256 e. The van der Waals surface area contributed by atoms with Crippen LogP contribution in [0, 0.1) is 12.7 Å². The van der Waals surface area contributed by atoms with Gasteiger partial charge in [-0.15, -0.1) is 10.2 Å². The van der Waals surface area contributed by atoms with Gasteiger partial charge in [0.1, 0.15) is 18.0 Å². The Hall–Kier alpha value is -2.50. The second-order valence-corrected chi connectivity index (χ2v) is 4.26. The molecule has 19 heavy (non-hydrogen) atoms. The van der Waals surface area contributed by atoms with Crippen molar-refractivity contribution in [3.8, 4) is 0 Å². The predicted octanol–water partition coefficient (Wildman–Crippen LogP) is 2.18. The molecule has 2 aromatic heterocycles. The average Bonchev–Trinajstić information content (AvgIpc) is 2.85. The van der Waals surface area contributed by atoms with Crippen molar-refractivity contribution in [2.24, 2.45) is 0 Å². The van der Waals surface area contributed by atoms with Crippen LogP contribution in [0.3, 0.4) is 0 Å². The summed E-state index contributed by atoms with van der Waals surface area (Å²) >= 11 is 0. The van der Waals surface area contributed by atoms with E-state index in [0.717, 1.165) is 17.1 Å². The van der Waals surface area contributed by atoms with Gasteiger partial charge < -0.3 is 5.32 Å². The number of hydrogen-bond acceptors (Lipinski definition) is 4. The molecule has 6 heteroatoms.